The maximum atomic E-state index is 11.0. The van der Waals surface area contributed by atoms with E-state index >= 15 is 0 Å². The lowest BCUT2D eigenvalue weighted by Gasteiger charge is -2.21. The average molecular weight is 271 g/mol. The summed E-state index contributed by atoms with van der Waals surface area (Å²) < 4.78 is 5.46. The highest BCUT2D eigenvalue weighted by Gasteiger charge is 2.29. The molecule has 0 aliphatic carbocycles. The molecule has 0 bridgehead atoms. The van der Waals surface area contributed by atoms with Crippen LogP contribution < -0.4 is 4.74 Å². The molecule has 0 fully saturated rings. The molecule has 0 atom stereocenters. The Balaban J connectivity index is 2.05. The van der Waals surface area contributed by atoms with Gasteiger partial charge in [-0.2, -0.15) is 0 Å². The molecule has 0 radical (unpaired) electrons. The first kappa shape index (κ1) is 14.1. The smallest absolute Gasteiger partial charge is 0.347 e. The quantitative estimate of drug-likeness (QED) is 0.908. The zero-order chi connectivity index (χ0) is 14.6. The lowest BCUT2D eigenvalue weighted by Crippen LogP contribution is -2.37. The number of hydrogen-bond donors (Lipinski definition) is 1. The molecular formula is C16H17NO3. The summed E-state index contributed by atoms with van der Waals surface area (Å²) in [4.78, 5) is 15.1. The standard InChI is InChI=1S/C16H17NO3/c1-16(2,15(18)19)20-14-7-5-12(6-8-14)10-13-4-3-9-17-11-13/h3-9,11H,10H2,1-2H3,(H,18,19). The van der Waals surface area contributed by atoms with Crippen LogP contribution in [-0.4, -0.2) is 21.7 Å². The molecule has 104 valence electrons. The Labute approximate surface area is 118 Å². The summed E-state index contributed by atoms with van der Waals surface area (Å²) in [5.74, 6) is -0.440. The molecule has 0 unspecified atom stereocenters. The van der Waals surface area contributed by atoms with Crippen LogP contribution in [0.1, 0.15) is 25.0 Å². The zero-order valence-corrected chi connectivity index (χ0v) is 11.5. The summed E-state index contributed by atoms with van der Waals surface area (Å²) in [5, 5.41) is 9.02. The molecule has 1 N–H and O–H groups in total. The Morgan fingerprint density at radius 2 is 1.90 bits per heavy atom. The van der Waals surface area contributed by atoms with Crippen molar-refractivity contribution in [2.24, 2.45) is 0 Å². The van der Waals surface area contributed by atoms with Crippen molar-refractivity contribution in [1.29, 1.82) is 0 Å². The third kappa shape index (κ3) is 3.57. The summed E-state index contributed by atoms with van der Waals surface area (Å²) in [7, 11) is 0. The highest BCUT2D eigenvalue weighted by molar-refractivity contribution is 5.76. The highest BCUT2D eigenvalue weighted by atomic mass is 16.5. The number of carbonyl (C=O) groups is 1. The van der Waals surface area contributed by atoms with E-state index in [4.69, 9.17) is 9.84 Å². The lowest BCUT2D eigenvalue weighted by atomic mass is 10.1. The molecular weight excluding hydrogens is 254 g/mol. The second-order valence-corrected chi connectivity index (χ2v) is 5.10. The van der Waals surface area contributed by atoms with E-state index in [9.17, 15) is 4.79 Å². The molecule has 0 aliphatic heterocycles. The topological polar surface area (TPSA) is 59.4 Å². The van der Waals surface area contributed by atoms with Crippen molar-refractivity contribution >= 4 is 5.97 Å². The van der Waals surface area contributed by atoms with E-state index in [1.165, 1.54) is 13.8 Å². The van der Waals surface area contributed by atoms with Gasteiger partial charge in [-0.1, -0.05) is 18.2 Å². The summed E-state index contributed by atoms with van der Waals surface area (Å²) in [6.45, 7) is 3.05. The van der Waals surface area contributed by atoms with Crippen LogP contribution in [0.3, 0.4) is 0 Å². The van der Waals surface area contributed by atoms with Gasteiger partial charge in [0.25, 0.3) is 0 Å². The number of nitrogens with zero attached hydrogens (tertiary/aromatic N) is 1. The molecule has 0 aliphatic rings. The summed E-state index contributed by atoms with van der Waals surface area (Å²) in [6, 6.07) is 11.4. The molecule has 1 aromatic heterocycles. The van der Waals surface area contributed by atoms with Gasteiger partial charge < -0.3 is 9.84 Å². The molecule has 0 spiro atoms. The van der Waals surface area contributed by atoms with E-state index in [2.05, 4.69) is 4.98 Å². The van der Waals surface area contributed by atoms with E-state index in [1.807, 2.05) is 30.5 Å². The van der Waals surface area contributed by atoms with Gasteiger partial charge in [0.15, 0.2) is 5.60 Å². The first-order valence-electron chi connectivity index (χ1n) is 6.37. The van der Waals surface area contributed by atoms with Crippen LogP contribution in [0.5, 0.6) is 5.75 Å². The average Bonchev–Trinajstić information content (AvgIpc) is 2.42. The van der Waals surface area contributed by atoms with Gasteiger partial charge in [0.2, 0.25) is 0 Å². The van der Waals surface area contributed by atoms with E-state index in [-0.39, 0.29) is 0 Å². The van der Waals surface area contributed by atoms with Gasteiger partial charge in [0.05, 0.1) is 0 Å². The number of carboxylic acids is 1. The van der Waals surface area contributed by atoms with Crippen LogP contribution in [0, 0.1) is 0 Å². The van der Waals surface area contributed by atoms with Gasteiger partial charge >= 0.3 is 5.97 Å². The molecule has 1 aromatic carbocycles. The lowest BCUT2D eigenvalue weighted by molar-refractivity contribution is -0.152. The molecule has 2 aromatic rings. The molecule has 4 nitrogen and oxygen atoms in total. The van der Waals surface area contributed by atoms with Crippen molar-refractivity contribution in [2.45, 2.75) is 25.9 Å². The zero-order valence-electron chi connectivity index (χ0n) is 11.5. The van der Waals surface area contributed by atoms with Crippen molar-refractivity contribution in [3.63, 3.8) is 0 Å². The summed E-state index contributed by atoms with van der Waals surface area (Å²) in [6.07, 6.45) is 4.36. The molecule has 20 heavy (non-hydrogen) atoms. The van der Waals surface area contributed by atoms with E-state index in [0.29, 0.717) is 5.75 Å². The SMILES string of the molecule is CC(C)(Oc1ccc(Cc2cccnc2)cc1)C(=O)O. The Bertz CT molecular complexity index is 576. The number of pyridine rings is 1. The van der Waals surface area contributed by atoms with Crippen molar-refractivity contribution in [3.05, 3.63) is 59.9 Å². The van der Waals surface area contributed by atoms with Crippen molar-refractivity contribution < 1.29 is 14.6 Å². The van der Waals surface area contributed by atoms with E-state index in [0.717, 1.165) is 17.5 Å². The fourth-order valence-electron chi connectivity index (χ4n) is 1.75. The molecule has 1 heterocycles. The number of aromatic nitrogens is 1. The fraction of sp³-hybridized carbons (Fsp3) is 0.250. The Morgan fingerprint density at radius 3 is 2.45 bits per heavy atom. The maximum Gasteiger partial charge on any atom is 0.347 e. The number of hydrogen-bond acceptors (Lipinski definition) is 3. The van der Waals surface area contributed by atoms with Crippen molar-refractivity contribution in [3.8, 4) is 5.75 Å². The van der Waals surface area contributed by atoms with Crippen LogP contribution in [0.4, 0.5) is 0 Å². The van der Waals surface area contributed by atoms with Crippen LogP contribution in [0.15, 0.2) is 48.8 Å². The molecule has 0 saturated heterocycles. The van der Waals surface area contributed by atoms with Crippen LogP contribution in [0.2, 0.25) is 0 Å². The number of rotatable bonds is 5. The van der Waals surface area contributed by atoms with Gasteiger partial charge in [-0.3, -0.25) is 4.98 Å². The maximum absolute atomic E-state index is 11.0. The normalized spacial score (nSPS) is 11.1. The summed E-state index contributed by atoms with van der Waals surface area (Å²) in [5.41, 5.74) is 1.02. The fourth-order valence-corrected chi connectivity index (χ4v) is 1.75. The minimum absolute atomic E-state index is 0.548. The predicted octanol–water partition coefficient (Wildman–Crippen LogP) is 2.91. The molecule has 4 heteroatoms. The summed E-state index contributed by atoms with van der Waals surface area (Å²) >= 11 is 0. The first-order valence-corrected chi connectivity index (χ1v) is 6.37. The van der Waals surface area contributed by atoms with Crippen LogP contribution in [0.25, 0.3) is 0 Å². The van der Waals surface area contributed by atoms with E-state index in [1.54, 1.807) is 18.3 Å². The highest BCUT2D eigenvalue weighted by Crippen LogP contribution is 2.20. The minimum Gasteiger partial charge on any atom is -0.478 e. The molecule has 0 amide bonds. The van der Waals surface area contributed by atoms with Gasteiger partial charge in [-0.05, 0) is 49.6 Å². The molecule has 2 rings (SSSR count). The number of benzene rings is 1. The van der Waals surface area contributed by atoms with Crippen LogP contribution >= 0.6 is 0 Å². The van der Waals surface area contributed by atoms with Gasteiger partial charge in [0, 0.05) is 12.4 Å². The minimum atomic E-state index is -1.23. The van der Waals surface area contributed by atoms with Gasteiger partial charge in [-0.25, -0.2) is 4.79 Å². The Kier molecular flexibility index (Phi) is 4.03. The number of aliphatic carboxylic acids is 1. The molecule has 0 saturated carbocycles. The number of ether oxygens (including phenoxy) is 1. The van der Waals surface area contributed by atoms with Gasteiger partial charge in [0.1, 0.15) is 5.75 Å². The predicted molar refractivity (Wildman–Crippen MR) is 75.8 cm³/mol. The van der Waals surface area contributed by atoms with Crippen molar-refractivity contribution in [2.75, 3.05) is 0 Å². The van der Waals surface area contributed by atoms with Crippen molar-refractivity contribution in [1.82, 2.24) is 4.98 Å². The Morgan fingerprint density at radius 1 is 1.20 bits per heavy atom. The third-order valence-electron chi connectivity index (χ3n) is 2.94. The first-order chi connectivity index (χ1) is 9.47. The second-order valence-electron chi connectivity index (χ2n) is 5.10. The third-order valence-corrected chi connectivity index (χ3v) is 2.94. The Hall–Kier alpha value is -2.36. The van der Waals surface area contributed by atoms with E-state index < -0.39 is 11.6 Å². The van der Waals surface area contributed by atoms with Gasteiger partial charge in [-0.15, -0.1) is 0 Å². The second kappa shape index (κ2) is 5.74. The monoisotopic (exact) mass is 271 g/mol. The van der Waals surface area contributed by atoms with Crippen LogP contribution in [-0.2, 0) is 11.2 Å². The number of carboxylic acid groups (broad SMARTS) is 1. The largest absolute Gasteiger partial charge is 0.478 e.